The van der Waals surface area contributed by atoms with E-state index in [1.165, 1.54) is 19.3 Å². The maximum absolute atomic E-state index is 12.1. The van der Waals surface area contributed by atoms with Crippen molar-refractivity contribution in [3.63, 3.8) is 0 Å². The van der Waals surface area contributed by atoms with Gasteiger partial charge >= 0.3 is 0 Å². The summed E-state index contributed by atoms with van der Waals surface area (Å²) < 4.78 is 0. The van der Waals surface area contributed by atoms with Crippen LogP contribution in [0.2, 0.25) is 5.02 Å². The number of nitrogen functional groups attached to an aromatic ring is 1. The Bertz CT molecular complexity index is 429. The third-order valence-electron chi connectivity index (χ3n) is 3.35. The zero-order chi connectivity index (χ0) is 12.4. The Labute approximate surface area is 107 Å². The zero-order valence-corrected chi connectivity index (χ0v) is 10.7. The van der Waals surface area contributed by atoms with Crippen molar-refractivity contribution in [1.82, 2.24) is 4.90 Å². The number of carbonyl (C=O) groups is 1. The molecule has 92 valence electrons. The van der Waals surface area contributed by atoms with Gasteiger partial charge in [0.05, 0.1) is 10.7 Å². The van der Waals surface area contributed by atoms with Gasteiger partial charge in [-0.2, -0.15) is 0 Å². The number of anilines is 1. The molecule has 0 saturated heterocycles. The third kappa shape index (κ3) is 2.72. The average molecular weight is 253 g/mol. The van der Waals surface area contributed by atoms with Crippen molar-refractivity contribution in [2.24, 2.45) is 5.92 Å². The molecular weight excluding hydrogens is 236 g/mol. The van der Waals surface area contributed by atoms with Crippen LogP contribution in [0.3, 0.4) is 0 Å². The summed E-state index contributed by atoms with van der Waals surface area (Å²) in [7, 11) is 1.84. The van der Waals surface area contributed by atoms with Gasteiger partial charge in [0.25, 0.3) is 5.91 Å². The van der Waals surface area contributed by atoms with Crippen LogP contribution in [-0.4, -0.2) is 24.4 Å². The summed E-state index contributed by atoms with van der Waals surface area (Å²) in [6.07, 6.45) is 3.76. The van der Waals surface area contributed by atoms with Gasteiger partial charge in [0.1, 0.15) is 0 Å². The van der Waals surface area contributed by atoms with Crippen LogP contribution >= 0.6 is 11.6 Å². The molecule has 2 N–H and O–H groups in total. The maximum atomic E-state index is 12.1. The second-order valence-corrected chi connectivity index (χ2v) is 5.13. The first-order valence-electron chi connectivity index (χ1n) is 5.88. The Kier molecular flexibility index (Phi) is 3.57. The molecule has 1 aromatic rings. The summed E-state index contributed by atoms with van der Waals surface area (Å²) in [5.41, 5.74) is 6.73. The van der Waals surface area contributed by atoms with Crippen molar-refractivity contribution in [1.29, 1.82) is 0 Å². The SMILES string of the molecule is CN(CC1CCC1)C(=O)c1ccc(N)c(Cl)c1. The van der Waals surface area contributed by atoms with Crippen LogP contribution in [0.1, 0.15) is 29.6 Å². The molecule has 1 aliphatic carbocycles. The summed E-state index contributed by atoms with van der Waals surface area (Å²) in [4.78, 5) is 13.9. The van der Waals surface area contributed by atoms with Gasteiger partial charge in [0.15, 0.2) is 0 Å². The number of rotatable bonds is 3. The molecule has 1 fully saturated rings. The first kappa shape index (κ1) is 12.2. The summed E-state index contributed by atoms with van der Waals surface area (Å²) >= 11 is 5.91. The molecule has 0 spiro atoms. The zero-order valence-electron chi connectivity index (χ0n) is 9.95. The van der Waals surface area contributed by atoms with E-state index >= 15 is 0 Å². The predicted molar refractivity (Wildman–Crippen MR) is 70.2 cm³/mol. The fourth-order valence-electron chi connectivity index (χ4n) is 2.03. The summed E-state index contributed by atoms with van der Waals surface area (Å²) in [6.45, 7) is 0.834. The number of carbonyl (C=O) groups excluding carboxylic acids is 1. The highest BCUT2D eigenvalue weighted by Crippen LogP contribution is 2.27. The lowest BCUT2D eigenvalue weighted by atomic mass is 9.85. The number of halogens is 1. The van der Waals surface area contributed by atoms with Crippen LogP contribution in [0.5, 0.6) is 0 Å². The number of benzene rings is 1. The van der Waals surface area contributed by atoms with E-state index in [1.54, 1.807) is 23.1 Å². The monoisotopic (exact) mass is 252 g/mol. The average Bonchev–Trinajstić information content (AvgIpc) is 2.26. The van der Waals surface area contributed by atoms with Gasteiger partial charge in [0.2, 0.25) is 0 Å². The van der Waals surface area contributed by atoms with E-state index in [9.17, 15) is 4.79 Å². The molecule has 1 aliphatic rings. The lowest BCUT2D eigenvalue weighted by molar-refractivity contribution is 0.0745. The van der Waals surface area contributed by atoms with Crippen LogP contribution < -0.4 is 5.73 Å². The van der Waals surface area contributed by atoms with E-state index in [4.69, 9.17) is 17.3 Å². The molecule has 0 bridgehead atoms. The number of hydrogen-bond donors (Lipinski definition) is 1. The standard InChI is InChI=1S/C13H17ClN2O/c1-16(8-9-3-2-4-9)13(17)10-5-6-12(15)11(14)7-10/h5-7,9H,2-4,8,15H2,1H3. The van der Waals surface area contributed by atoms with Crippen molar-refractivity contribution in [3.05, 3.63) is 28.8 Å². The fourth-order valence-corrected chi connectivity index (χ4v) is 2.21. The van der Waals surface area contributed by atoms with Crippen molar-refractivity contribution < 1.29 is 4.79 Å². The van der Waals surface area contributed by atoms with Crippen molar-refractivity contribution >= 4 is 23.2 Å². The van der Waals surface area contributed by atoms with Crippen LogP contribution in [0.25, 0.3) is 0 Å². The van der Waals surface area contributed by atoms with Crippen molar-refractivity contribution in [3.8, 4) is 0 Å². The molecule has 0 heterocycles. The highest BCUT2D eigenvalue weighted by atomic mass is 35.5. The molecule has 0 unspecified atom stereocenters. The van der Waals surface area contributed by atoms with Crippen LogP contribution in [-0.2, 0) is 0 Å². The largest absolute Gasteiger partial charge is 0.398 e. The topological polar surface area (TPSA) is 46.3 Å². The Morgan fingerprint density at radius 1 is 1.53 bits per heavy atom. The number of hydrogen-bond acceptors (Lipinski definition) is 2. The molecule has 1 amide bonds. The maximum Gasteiger partial charge on any atom is 0.253 e. The Morgan fingerprint density at radius 3 is 2.76 bits per heavy atom. The molecule has 4 heteroatoms. The van der Waals surface area contributed by atoms with Gasteiger partial charge in [-0.25, -0.2) is 0 Å². The Morgan fingerprint density at radius 2 is 2.24 bits per heavy atom. The van der Waals surface area contributed by atoms with Crippen molar-refractivity contribution in [2.75, 3.05) is 19.3 Å². The second-order valence-electron chi connectivity index (χ2n) is 4.72. The van der Waals surface area contributed by atoms with E-state index in [0.717, 1.165) is 6.54 Å². The first-order valence-corrected chi connectivity index (χ1v) is 6.26. The molecule has 17 heavy (non-hydrogen) atoms. The van der Waals surface area contributed by atoms with E-state index in [-0.39, 0.29) is 5.91 Å². The molecular formula is C13H17ClN2O. The van der Waals surface area contributed by atoms with Crippen molar-refractivity contribution in [2.45, 2.75) is 19.3 Å². The minimum Gasteiger partial charge on any atom is -0.398 e. The number of nitrogens with zero attached hydrogens (tertiary/aromatic N) is 1. The second kappa shape index (κ2) is 4.96. The molecule has 1 aromatic carbocycles. The molecule has 3 nitrogen and oxygen atoms in total. The predicted octanol–water partition coefficient (Wildman–Crippen LogP) is 2.79. The number of nitrogens with two attached hydrogens (primary N) is 1. The molecule has 1 saturated carbocycles. The number of amides is 1. The third-order valence-corrected chi connectivity index (χ3v) is 3.68. The van der Waals surface area contributed by atoms with E-state index < -0.39 is 0 Å². The van der Waals surface area contributed by atoms with Gasteiger partial charge in [0, 0.05) is 19.2 Å². The molecule has 0 aliphatic heterocycles. The van der Waals surface area contributed by atoms with Gasteiger partial charge < -0.3 is 10.6 Å². The molecule has 2 rings (SSSR count). The Balaban J connectivity index is 2.04. The lowest BCUT2D eigenvalue weighted by Crippen LogP contribution is -2.34. The van der Waals surface area contributed by atoms with E-state index in [1.807, 2.05) is 7.05 Å². The quantitative estimate of drug-likeness (QED) is 0.841. The summed E-state index contributed by atoms with van der Waals surface area (Å²) in [5.74, 6) is 0.687. The smallest absolute Gasteiger partial charge is 0.253 e. The molecule has 0 aromatic heterocycles. The summed E-state index contributed by atoms with van der Waals surface area (Å²) in [6, 6.07) is 5.03. The Hall–Kier alpha value is -1.22. The van der Waals surface area contributed by atoms with Gasteiger partial charge in [-0.05, 0) is 37.0 Å². The molecule has 0 radical (unpaired) electrons. The van der Waals surface area contributed by atoms with Crippen LogP contribution in [0.15, 0.2) is 18.2 Å². The van der Waals surface area contributed by atoms with E-state index in [0.29, 0.717) is 22.2 Å². The normalized spacial score (nSPS) is 15.4. The lowest BCUT2D eigenvalue weighted by Gasteiger charge is -2.30. The van der Waals surface area contributed by atoms with Gasteiger partial charge in [-0.15, -0.1) is 0 Å². The minimum atomic E-state index is 0.0128. The van der Waals surface area contributed by atoms with E-state index in [2.05, 4.69) is 0 Å². The highest BCUT2D eigenvalue weighted by Gasteiger charge is 2.22. The van der Waals surface area contributed by atoms with Crippen LogP contribution in [0.4, 0.5) is 5.69 Å². The first-order chi connectivity index (χ1) is 8.08. The minimum absolute atomic E-state index is 0.0128. The van der Waals surface area contributed by atoms with Crippen LogP contribution in [0, 0.1) is 5.92 Å². The fraction of sp³-hybridized carbons (Fsp3) is 0.462. The van der Waals surface area contributed by atoms with Gasteiger partial charge in [-0.1, -0.05) is 18.0 Å². The highest BCUT2D eigenvalue weighted by molar-refractivity contribution is 6.33. The van der Waals surface area contributed by atoms with Gasteiger partial charge in [-0.3, -0.25) is 4.79 Å². The summed E-state index contributed by atoms with van der Waals surface area (Å²) in [5, 5.41) is 0.438. The molecule has 0 atom stereocenters.